The molecule has 2 heterocycles. The molecular weight excluding hydrogens is 352 g/mol. The minimum atomic E-state index is -0.496. The Bertz CT molecular complexity index is 1060. The van der Waals surface area contributed by atoms with Crippen LogP contribution in [0.5, 0.6) is 0 Å². The van der Waals surface area contributed by atoms with Gasteiger partial charge >= 0.3 is 0 Å². The number of aldehydes is 1. The minimum Gasteiger partial charge on any atom is -0.333 e. The number of allylic oxidation sites excluding steroid dienone is 2. The lowest BCUT2D eigenvalue weighted by molar-refractivity contribution is -0.107. The van der Waals surface area contributed by atoms with Gasteiger partial charge in [0.2, 0.25) is 0 Å². The van der Waals surface area contributed by atoms with Crippen molar-refractivity contribution in [1.82, 2.24) is 0 Å². The number of rotatable bonds is 4. The molecule has 0 amide bonds. The van der Waals surface area contributed by atoms with Gasteiger partial charge in [-0.25, -0.2) is 0 Å². The number of nitrogens with zero attached hydrogens (tertiary/aromatic N) is 2. The topological polar surface area (TPSA) is 44.1 Å². The van der Waals surface area contributed by atoms with Crippen LogP contribution in [0.4, 0.5) is 5.69 Å². The zero-order valence-corrected chi connectivity index (χ0v) is 15.3. The molecular formula is C23H16N2OS. The van der Waals surface area contributed by atoms with Crippen LogP contribution >= 0.6 is 11.3 Å². The Kier molecular flexibility index (Phi) is 4.69. The van der Waals surface area contributed by atoms with Crippen molar-refractivity contribution < 1.29 is 4.79 Å². The van der Waals surface area contributed by atoms with Crippen LogP contribution in [0.1, 0.15) is 16.7 Å². The molecule has 0 spiro atoms. The molecule has 3 nitrogen and oxygen atoms in total. The van der Waals surface area contributed by atoms with Crippen LogP contribution in [-0.4, -0.2) is 12.3 Å². The van der Waals surface area contributed by atoms with Crippen LogP contribution in [0, 0.1) is 11.3 Å². The third-order valence-corrected chi connectivity index (χ3v) is 5.29. The van der Waals surface area contributed by atoms with E-state index in [1.54, 1.807) is 17.4 Å². The summed E-state index contributed by atoms with van der Waals surface area (Å²) in [5.74, 6) is 0. The fourth-order valence-corrected chi connectivity index (χ4v) is 3.97. The largest absolute Gasteiger partial charge is 0.333 e. The lowest BCUT2D eigenvalue weighted by Gasteiger charge is -2.33. The summed E-state index contributed by atoms with van der Waals surface area (Å²) in [5, 5.41) is 13.7. The highest BCUT2D eigenvalue weighted by molar-refractivity contribution is 7.08. The number of carbonyl (C=O) groups excluding carboxylic acids is 1. The summed E-state index contributed by atoms with van der Waals surface area (Å²) in [6, 6.07) is 21.1. The summed E-state index contributed by atoms with van der Waals surface area (Å²) in [4.78, 5) is 14.1. The fourth-order valence-electron chi connectivity index (χ4n) is 3.30. The molecule has 0 radical (unpaired) electrons. The quantitative estimate of drug-likeness (QED) is 0.600. The number of thiophene rings is 1. The maximum atomic E-state index is 12.1. The van der Waals surface area contributed by atoms with Crippen LogP contribution in [0.25, 0.3) is 11.1 Å². The fraction of sp³-hybridized carbons (Fsp3) is 0.0435. The third kappa shape index (κ3) is 3.21. The first kappa shape index (κ1) is 17.0. The highest BCUT2D eigenvalue weighted by Crippen LogP contribution is 2.36. The van der Waals surface area contributed by atoms with Gasteiger partial charge < -0.3 is 9.69 Å². The van der Waals surface area contributed by atoms with Crippen molar-refractivity contribution in [3.63, 3.8) is 0 Å². The molecule has 1 aliphatic heterocycles. The van der Waals surface area contributed by atoms with E-state index in [0.29, 0.717) is 5.56 Å². The van der Waals surface area contributed by atoms with E-state index in [1.165, 1.54) is 0 Å². The number of benzene rings is 2. The normalized spacial score (nSPS) is 16.3. The number of para-hydroxylation sites is 1. The van der Waals surface area contributed by atoms with Gasteiger partial charge in [-0.1, -0.05) is 36.4 Å². The summed E-state index contributed by atoms with van der Waals surface area (Å²) in [6.07, 6.45) is 4.97. The van der Waals surface area contributed by atoms with Crippen molar-refractivity contribution in [2.45, 2.75) is 6.04 Å². The lowest BCUT2D eigenvalue weighted by Crippen LogP contribution is -2.35. The van der Waals surface area contributed by atoms with E-state index in [4.69, 9.17) is 0 Å². The average Bonchev–Trinajstić information content (AvgIpc) is 3.28. The first-order chi connectivity index (χ1) is 13.3. The summed E-state index contributed by atoms with van der Waals surface area (Å²) >= 11 is 1.63. The van der Waals surface area contributed by atoms with Gasteiger partial charge in [0, 0.05) is 11.9 Å². The van der Waals surface area contributed by atoms with Gasteiger partial charge in [0.05, 0.1) is 11.6 Å². The molecule has 1 atom stereocenters. The molecule has 4 rings (SSSR count). The van der Waals surface area contributed by atoms with Crippen molar-refractivity contribution in [3.8, 4) is 6.07 Å². The molecule has 0 aliphatic carbocycles. The van der Waals surface area contributed by atoms with Crippen molar-refractivity contribution in [1.29, 1.82) is 5.26 Å². The molecule has 0 bridgehead atoms. The van der Waals surface area contributed by atoms with Crippen molar-refractivity contribution >= 4 is 34.5 Å². The number of hydrogen-bond donors (Lipinski definition) is 0. The molecule has 0 saturated heterocycles. The van der Waals surface area contributed by atoms with E-state index in [-0.39, 0.29) is 0 Å². The van der Waals surface area contributed by atoms with Crippen LogP contribution in [0.3, 0.4) is 0 Å². The van der Waals surface area contributed by atoms with Crippen molar-refractivity contribution in [2.75, 3.05) is 4.90 Å². The molecule has 2 aromatic carbocycles. The highest BCUT2D eigenvalue weighted by atomic mass is 32.1. The van der Waals surface area contributed by atoms with Gasteiger partial charge in [-0.05, 0) is 63.4 Å². The van der Waals surface area contributed by atoms with E-state index in [2.05, 4.69) is 17.5 Å². The Hall–Kier alpha value is -3.42. The minimum absolute atomic E-state index is 0.496. The van der Waals surface area contributed by atoms with Gasteiger partial charge in [-0.3, -0.25) is 0 Å². The monoisotopic (exact) mass is 368 g/mol. The SMILES string of the molecule is N#Cc1ccccc1C1=CC(c2ccsc2)=CN(c2ccccc2)C1C=O. The first-order valence-corrected chi connectivity index (χ1v) is 9.50. The van der Waals surface area contributed by atoms with E-state index in [1.807, 2.05) is 71.1 Å². The average molecular weight is 368 g/mol. The number of anilines is 1. The third-order valence-electron chi connectivity index (χ3n) is 4.60. The Balaban J connectivity index is 1.92. The van der Waals surface area contributed by atoms with Crippen LogP contribution in [-0.2, 0) is 4.79 Å². The van der Waals surface area contributed by atoms with Crippen LogP contribution < -0.4 is 4.90 Å². The standard InChI is InChI=1S/C23H16N2OS/c24-13-17-6-4-5-9-21(17)22-12-19(18-10-11-27-16-18)14-25(23(22)15-26)20-7-2-1-3-8-20/h1-12,14-16,23H. The summed E-state index contributed by atoms with van der Waals surface area (Å²) in [5.41, 5.74) is 5.23. The van der Waals surface area contributed by atoms with Crippen LogP contribution in [0.2, 0.25) is 0 Å². The second-order valence-corrected chi connectivity index (χ2v) is 6.96. The van der Waals surface area contributed by atoms with E-state index in [9.17, 15) is 10.1 Å². The van der Waals surface area contributed by atoms with Gasteiger partial charge in [0.15, 0.2) is 0 Å². The van der Waals surface area contributed by atoms with Crippen molar-refractivity contribution in [2.24, 2.45) is 0 Å². The Morgan fingerprint density at radius 1 is 1.04 bits per heavy atom. The number of carbonyl (C=O) groups is 1. The highest BCUT2D eigenvalue weighted by Gasteiger charge is 2.28. The van der Waals surface area contributed by atoms with E-state index >= 15 is 0 Å². The number of nitriles is 1. The molecule has 1 unspecified atom stereocenters. The van der Waals surface area contributed by atoms with Gasteiger partial charge in [-0.2, -0.15) is 16.6 Å². The molecule has 0 fully saturated rings. The Labute approximate surface area is 162 Å². The smallest absolute Gasteiger partial charge is 0.147 e. The van der Waals surface area contributed by atoms with Gasteiger partial charge in [0.1, 0.15) is 12.3 Å². The molecule has 1 aliphatic rings. The first-order valence-electron chi connectivity index (χ1n) is 8.56. The number of hydrogen-bond acceptors (Lipinski definition) is 4. The molecule has 4 heteroatoms. The predicted molar refractivity (Wildman–Crippen MR) is 110 cm³/mol. The molecule has 3 aromatic rings. The zero-order chi connectivity index (χ0) is 18.6. The molecule has 1 aromatic heterocycles. The van der Waals surface area contributed by atoms with Crippen LogP contribution in [0.15, 0.2) is 83.7 Å². The maximum absolute atomic E-state index is 12.1. The molecule has 27 heavy (non-hydrogen) atoms. The summed E-state index contributed by atoms with van der Waals surface area (Å²) < 4.78 is 0. The van der Waals surface area contributed by atoms with Crippen molar-refractivity contribution in [3.05, 3.63) is 100 Å². The molecule has 130 valence electrons. The van der Waals surface area contributed by atoms with Gasteiger partial charge in [0.25, 0.3) is 0 Å². The Morgan fingerprint density at radius 3 is 2.52 bits per heavy atom. The predicted octanol–water partition coefficient (Wildman–Crippen LogP) is 5.13. The molecule has 0 N–H and O–H groups in total. The van der Waals surface area contributed by atoms with E-state index < -0.39 is 6.04 Å². The van der Waals surface area contributed by atoms with Gasteiger partial charge in [-0.15, -0.1) is 0 Å². The zero-order valence-electron chi connectivity index (χ0n) is 14.4. The van der Waals surface area contributed by atoms with E-state index in [0.717, 1.165) is 34.2 Å². The second-order valence-electron chi connectivity index (χ2n) is 6.18. The summed E-state index contributed by atoms with van der Waals surface area (Å²) in [7, 11) is 0. The summed E-state index contributed by atoms with van der Waals surface area (Å²) in [6.45, 7) is 0. The Morgan fingerprint density at radius 2 is 1.81 bits per heavy atom. The second kappa shape index (κ2) is 7.45. The maximum Gasteiger partial charge on any atom is 0.147 e. The lowest BCUT2D eigenvalue weighted by atomic mass is 9.89. The molecule has 0 saturated carbocycles.